The largest absolute Gasteiger partial charge is 0.508 e. The van der Waals surface area contributed by atoms with Crippen molar-refractivity contribution in [3.8, 4) is 5.75 Å². The molecule has 13 heavy (non-hydrogen) atoms. The Morgan fingerprint density at radius 3 is 2.85 bits per heavy atom. The van der Waals surface area contributed by atoms with Gasteiger partial charge in [-0.1, -0.05) is 0 Å². The number of aromatic hydroxyl groups is 1. The summed E-state index contributed by atoms with van der Waals surface area (Å²) < 4.78 is 13.2. The van der Waals surface area contributed by atoms with Crippen molar-refractivity contribution < 1.29 is 9.50 Å². The predicted octanol–water partition coefficient (Wildman–Crippen LogP) is 1.90. The van der Waals surface area contributed by atoms with Crippen molar-refractivity contribution in [2.75, 3.05) is 0 Å². The number of rotatable bonds is 0. The first-order valence-electron chi connectivity index (χ1n) is 3.95. The normalized spacial score (nSPS) is 19.4. The monoisotopic (exact) mass is 203 g/mol. The summed E-state index contributed by atoms with van der Waals surface area (Å²) in [5.41, 5.74) is 7.10. The van der Waals surface area contributed by atoms with Gasteiger partial charge in [0.1, 0.15) is 11.6 Å². The van der Waals surface area contributed by atoms with E-state index in [0.29, 0.717) is 5.56 Å². The minimum absolute atomic E-state index is 0. The van der Waals surface area contributed by atoms with Crippen LogP contribution in [0.1, 0.15) is 23.6 Å². The Morgan fingerprint density at radius 1 is 1.46 bits per heavy atom. The highest BCUT2D eigenvalue weighted by atomic mass is 35.5. The summed E-state index contributed by atoms with van der Waals surface area (Å²) in [6.45, 7) is 0. The highest BCUT2D eigenvalue weighted by molar-refractivity contribution is 5.85. The lowest BCUT2D eigenvalue weighted by atomic mass is 10.1. The number of phenols is 1. The van der Waals surface area contributed by atoms with Crippen LogP contribution in [0.4, 0.5) is 4.39 Å². The van der Waals surface area contributed by atoms with Crippen molar-refractivity contribution in [2.24, 2.45) is 5.73 Å². The van der Waals surface area contributed by atoms with Crippen LogP contribution in [0.5, 0.6) is 5.75 Å². The number of nitrogens with two attached hydrogens (primary N) is 1. The van der Waals surface area contributed by atoms with Gasteiger partial charge in [0.05, 0.1) is 0 Å². The average molecular weight is 204 g/mol. The minimum atomic E-state index is -0.380. The smallest absolute Gasteiger partial charge is 0.131 e. The van der Waals surface area contributed by atoms with E-state index in [1.165, 1.54) is 0 Å². The molecule has 2 nitrogen and oxygen atoms in total. The van der Waals surface area contributed by atoms with Gasteiger partial charge in [-0.05, 0) is 24.5 Å². The molecule has 0 fully saturated rings. The van der Waals surface area contributed by atoms with Gasteiger partial charge in [-0.25, -0.2) is 4.39 Å². The first-order valence-corrected chi connectivity index (χ1v) is 3.95. The van der Waals surface area contributed by atoms with Crippen LogP contribution in [0.25, 0.3) is 0 Å². The van der Waals surface area contributed by atoms with Crippen molar-refractivity contribution in [1.29, 1.82) is 0 Å². The number of hydrogen-bond acceptors (Lipinski definition) is 2. The summed E-state index contributed by atoms with van der Waals surface area (Å²) in [5, 5.41) is 9.08. The van der Waals surface area contributed by atoms with Crippen LogP contribution in [0.3, 0.4) is 0 Å². The van der Waals surface area contributed by atoms with E-state index < -0.39 is 0 Å². The maximum absolute atomic E-state index is 13.2. The average Bonchev–Trinajstić information content (AvgIpc) is 2.31. The zero-order valence-corrected chi connectivity index (χ0v) is 7.77. The van der Waals surface area contributed by atoms with Crippen molar-refractivity contribution in [2.45, 2.75) is 18.9 Å². The molecule has 72 valence electrons. The summed E-state index contributed by atoms with van der Waals surface area (Å²) in [6, 6.07) is 2.51. The summed E-state index contributed by atoms with van der Waals surface area (Å²) in [7, 11) is 0. The lowest BCUT2D eigenvalue weighted by Gasteiger charge is -2.05. The number of phenolic OH excluding ortho intramolecular Hbond substituents is 1. The van der Waals surface area contributed by atoms with Crippen LogP contribution < -0.4 is 5.73 Å². The van der Waals surface area contributed by atoms with Gasteiger partial charge >= 0.3 is 0 Å². The van der Waals surface area contributed by atoms with Crippen molar-refractivity contribution in [1.82, 2.24) is 0 Å². The van der Waals surface area contributed by atoms with Gasteiger partial charge in [0, 0.05) is 17.7 Å². The van der Waals surface area contributed by atoms with Gasteiger partial charge in [-0.15, -0.1) is 12.4 Å². The Labute approximate surface area is 82.0 Å². The van der Waals surface area contributed by atoms with E-state index in [1.807, 2.05) is 0 Å². The van der Waals surface area contributed by atoms with Crippen LogP contribution in [0, 0.1) is 5.82 Å². The fourth-order valence-corrected chi connectivity index (χ4v) is 1.74. The van der Waals surface area contributed by atoms with Gasteiger partial charge in [0.15, 0.2) is 0 Å². The number of fused-ring (bicyclic) bond motifs is 1. The molecule has 4 heteroatoms. The van der Waals surface area contributed by atoms with Gasteiger partial charge in [0.2, 0.25) is 0 Å². The fraction of sp³-hybridized carbons (Fsp3) is 0.333. The molecule has 1 atom stereocenters. The van der Waals surface area contributed by atoms with E-state index in [1.54, 1.807) is 6.07 Å². The van der Waals surface area contributed by atoms with E-state index in [-0.39, 0.29) is 30.0 Å². The molecule has 0 amide bonds. The van der Waals surface area contributed by atoms with Crippen molar-refractivity contribution in [3.63, 3.8) is 0 Å². The first-order chi connectivity index (χ1) is 5.68. The van der Waals surface area contributed by atoms with Crippen LogP contribution in [-0.4, -0.2) is 5.11 Å². The molecule has 0 radical (unpaired) electrons. The number of benzene rings is 1. The molecule has 0 saturated heterocycles. The van der Waals surface area contributed by atoms with Crippen LogP contribution >= 0.6 is 12.4 Å². The molecule has 0 spiro atoms. The number of hydrogen-bond donors (Lipinski definition) is 2. The van der Waals surface area contributed by atoms with E-state index in [4.69, 9.17) is 10.8 Å². The SMILES string of the molecule is Cl.NC1CCc2cc(O)cc(F)c21. The molecule has 1 aromatic carbocycles. The van der Waals surface area contributed by atoms with E-state index >= 15 is 0 Å². The Morgan fingerprint density at radius 2 is 2.15 bits per heavy atom. The van der Waals surface area contributed by atoms with Crippen LogP contribution in [0.2, 0.25) is 0 Å². The predicted molar refractivity (Wildman–Crippen MR) is 50.6 cm³/mol. The standard InChI is InChI=1S/C9H10FNO.ClH/c10-7-4-6(12)3-5-1-2-8(11)9(5)7;/h3-4,8,12H,1-2,11H2;1H. The Balaban J connectivity index is 0.000000845. The van der Waals surface area contributed by atoms with Gasteiger partial charge in [-0.2, -0.15) is 0 Å². The molecule has 1 aliphatic carbocycles. The van der Waals surface area contributed by atoms with Crippen LogP contribution in [-0.2, 0) is 6.42 Å². The second-order valence-electron chi connectivity index (χ2n) is 3.15. The summed E-state index contributed by atoms with van der Waals surface area (Å²) >= 11 is 0. The maximum atomic E-state index is 13.2. The Kier molecular flexibility index (Phi) is 2.78. The minimum Gasteiger partial charge on any atom is -0.508 e. The zero-order chi connectivity index (χ0) is 8.72. The Hall–Kier alpha value is -0.800. The third-order valence-electron chi connectivity index (χ3n) is 2.30. The molecule has 3 N–H and O–H groups in total. The van der Waals surface area contributed by atoms with E-state index in [9.17, 15) is 4.39 Å². The Bertz CT molecular complexity index is 330. The molecule has 0 aromatic heterocycles. The van der Waals surface area contributed by atoms with E-state index in [0.717, 1.165) is 24.5 Å². The third kappa shape index (κ3) is 1.62. The topological polar surface area (TPSA) is 46.2 Å². The lowest BCUT2D eigenvalue weighted by Crippen LogP contribution is -2.07. The molecule has 0 heterocycles. The lowest BCUT2D eigenvalue weighted by molar-refractivity contribution is 0.467. The molecule has 0 saturated carbocycles. The molecule has 0 bridgehead atoms. The first kappa shape index (κ1) is 10.3. The molecule has 1 unspecified atom stereocenters. The highest BCUT2D eigenvalue weighted by Gasteiger charge is 2.23. The summed E-state index contributed by atoms with van der Waals surface area (Å²) in [6.07, 6.45) is 1.54. The molecular formula is C9H11ClFNO. The highest BCUT2D eigenvalue weighted by Crippen LogP contribution is 2.33. The second-order valence-corrected chi connectivity index (χ2v) is 3.15. The second kappa shape index (κ2) is 3.52. The summed E-state index contributed by atoms with van der Waals surface area (Å²) in [4.78, 5) is 0. The molecular weight excluding hydrogens is 193 g/mol. The van der Waals surface area contributed by atoms with Gasteiger partial charge in [0.25, 0.3) is 0 Å². The third-order valence-corrected chi connectivity index (χ3v) is 2.30. The fourth-order valence-electron chi connectivity index (χ4n) is 1.74. The van der Waals surface area contributed by atoms with Crippen LogP contribution in [0.15, 0.2) is 12.1 Å². The number of aryl methyl sites for hydroxylation is 1. The molecule has 0 aliphatic heterocycles. The maximum Gasteiger partial charge on any atom is 0.131 e. The quantitative estimate of drug-likeness (QED) is 0.677. The zero-order valence-electron chi connectivity index (χ0n) is 6.96. The van der Waals surface area contributed by atoms with E-state index in [2.05, 4.69) is 0 Å². The molecule has 1 aliphatic rings. The summed E-state index contributed by atoms with van der Waals surface area (Å²) in [5.74, 6) is -0.393. The molecule has 1 aromatic rings. The van der Waals surface area contributed by atoms with Crippen molar-refractivity contribution in [3.05, 3.63) is 29.1 Å². The van der Waals surface area contributed by atoms with Gasteiger partial charge in [-0.3, -0.25) is 0 Å². The van der Waals surface area contributed by atoms with Crippen molar-refractivity contribution >= 4 is 12.4 Å². The molecule has 2 rings (SSSR count). The number of halogens is 2. The van der Waals surface area contributed by atoms with Gasteiger partial charge < -0.3 is 10.8 Å².